The Morgan fingerprint density at radius 1 is 0.277 bits per heavy atom. The number of fused-ring (bicyclic) bond motifs is 11. The third-order valence-electron chi connectivity index (χ3n) is 10.5. The highest BCUT2D eigenvalue weighted by atomic mass is 28.3. The van der Waals surface area contributed by atoms with Crippen LogP contribution in [0.3, 0.4) is 0 Å². The molecule has 3 heteroatoms. The van der Waals surface area contributed by atoms with Crippen LogP contribution in [0.15, 0.2) is 170 Å². The van der Waals surface area contributed by atoms with Gasteiger partial charge in [0, 0.05) is 21.8 Å². The maximum atomic E-state index is 2.75. The zero-order valence-electron chi connectivity index (χ0n) is 25.6. The minimum atomic E-state index is -2.90. The quantitative estimate of drug-likeness (QED) is 0.136. The standard InChI is InChI=1S/C44H28N2Si/c1-3-15-39(16-4-1)47(40-17-5-2-6-18-40)45-41-25-35-21-31-13-9-7-11-29(31)19-33(35)23-37(41)27-43(45)44-28-38-24-34-20-30-12-8-10-14-32(30)22-36(34)26-42(38)46(44)47/h1-28H. The van der Waals surface area contributed by atoms with Crippen molar-refractivity contribution in [1.29, 1.82) is 0 Å². The van der Waals surface area contributed by atoms with Crippen LogP contribution >= 0.6 is 0 Å². The summed E-state index contributed by atoms with van der Waals surface area (Å²) in [5.74, 6) is 0. The zero-order valence-corrected chi connectivity index (χ0v) is 26.6. The Morgan fingerprint density at radius 2 is 0.596 bits per heavy atom. The van der Waals surface area contributed by atoms with Crippen LogP contribution in [0, 0.1) is 0 Å². The number of hydrogen-bond acceptors (Lipinski definition) is 0. The Balaban J connectivity index is 1.32. The molecule has 2 nitrogen and oxygen atoms in total. The van der Waals surface area contributed by atoms with Gasteiger partial charge in [0.1, 0.15) is 0 Å². The fourth-order valence-corrected chi connectivity index (χ4v) is 13.5. The van der Waals surface area contributed by atoms with Gasteiger partial charge >= 0.3 is 8.40 Å². The summed E-state index contributed by atoms with van der Waals surface area (Å²) in [6, 6.07) is 64.0. The van der Waals surface area contributed by atoms with E-state index in [4.69, 9.17) is 0 Å². The zero-order chi connectivity index (χ0) is 30.7. The molecule has 0 amide bonds. The second-order valence-corrected chi connectivity index (χ2v) is 16.4. The number of nitrogens with zero attached hydrogens (tertiary/aromatic N) is 2. The largest absolute Gasteiger partial charge is 0.341 e. The van der Waals surface area contributed by atoms with E-state index in [0.717, 1.165) is 0 Å². The predicted octanol–water partition coefficient (Wildman–Crippen LogP) is 9.84. The molecule has 0 fully saturated rings. The Bertz CT molecular complexity index is 2700. The van der Waals surface area contributed by atoms with Crippen molar-refractivity contribution in [2.24, 2.45) is 0 Å². The van der Waals surface area contributed by atoms with Crippen molar-refractivity contribution in [1.82, 2.24) is 8.47 Å². The molecule has 0 N–H and O–H groups in total. The highest BCUT2D eigenvalue weighted by Gasteiger charge is 2.51. The normalized spacial score (nSPS) is 13.7. The van der Waals surface area contributed by atoms with E-state index in [-0.39, 0.29) is 0 Å². The van der Waals surface area contributed by atoms with Gasteiger partial charge in [-0.3, -0.25) is 0 Å². The van der Waals surface area contributed by atoms with Gasteiger partial charge in [0.25, 0.3) is 0 Å². The lowest BCUT2D eigenvalue weighted by atomic mass is 10.0. The maximum absolute atomic E-state index is 2.90. The summed E-state index contributed by atoms with van der Waals surface area (Å²) in [6.45, 7) is 0. The minimum Gasteiger partial charge on any atom is -0.341 e. The first-order valence-corrected chi connectivity index (χ1v) is 18.2. The summed E-state index contributed by atoms with van der Waals surface area (Å²) in [6.07, 6.45) is 0. The van der Waals surface area contributed by atoms with Crippen LogP contribution in [-0.4, -0.2) is 16.9 Å². The van der Waals surface area contributed by atoms with Crippen LogP contribution in [0.25, 0.3) is 76.3 Å². The van der Waals surface area contributed by atoms with Crippen LogP contribution in [0.4, 0.5) is 0 Å². The third-order valence-corrected chi connectivity index (χ3v) is 15.0. The summed E-state index contributed by atoms with van der Waals surface area (Å²) in [7, 11) is -2.90. The lowest BCUT2D eigenvalue weighted by Crippen LogP contribution is -2.67. The highest BCUT2D eigenvalue weighted by molar-refractivity contribution is 7.02. The Morgan fingerprint density at radius 3 is 0.979 bits per heavy atom. The van der Waals surface area contributed by atoms with Gasteiger partial charge in [-0.15, -0.1) is 0 Å². The molecule has 0 atom stereocenters. The fraction of sp³-hybridized carbons (Fsp3) is 0. The fourth-order valence-electron chi connectivity index (χ4n) is 8.50. The SMILES string of the molecule is c1ccc([Si]2(c3ccccc3)n3c(cc4cc5cc6ccccc6cc5cc43)-c3cc4cc5cc6ccccc6cc5cc4n32)cc1. The van der Waals surface area contributed by atoms with Gasteiger partial charge < -0.3 is 8.47 Å². The van der Waals surface area contributed by atoms with Gasteiger partial charge in [-0.25, -0.2) is 0 Å². The molecular weight excluding hydrogens is 585 g/mol. The molecule has 0 aliphatic carbocycles. The van der Waals surface area contributed by atoms with Crippen LogP contribution < -0.4 is 10.4 Å². The number of rotatable bonds is 2. The van der Waals surface area contributed by atoms with Crippen molar-refractivity contribution in [2.45, 2.75) is 0 Å². The van der Waals surface area contributed by atoms with E-state index < -0.39 is 8.40 Å². The monoisotopic (exact) mass is 612 g/mol. The van der Waals surface area contributed by atoms with Crippen molar-refractivity contribution in [3.8, 4) is 11.4 Å². The average Bonchev–Trinajstić information content (AvgIpc) is 3.75. The molecule has 47 heavy (non-hydrogen) atoms. The molecule has 0 bridgehead atoms. The van der Waals surface area contributed by atoms with Crippen LogP contribution in [-0.2, 0) is 0 Å². The van der Waals surface area contributed by atoms with E-state index in [1.165, 1.54) is 86.7 Å². The lowest BCUT2D eigenvalue weighted by molar-refractivity contribution is 1.20. The van der Waals surface area contributed by atoms with Crippen molar-refractivity contribution in [2.75, 3.05) is 0 Å². The molecule has 3 heterocycles. The van der Waals surface area contributed by atoms with E-state index >= 15 is 0 Å². The molecule has 1 aliphatic rings. The van der Waals surface area contributed by atoms with Gasteiger partial charge in [-0.1, -0.05) is 109 Å². The predicted molar refractivity (Wildman–Crippen MR) is 202 cm³/mol. The summed E-state index contributed by atoms with van der Waals surface area (Å²) in [5, 5.41) is 15.6. The van der Waals surface area contributed by atoms with Gasteiger partial charge in [-0.2, -0.15) is 0 Å². The van der Waals surface area contributed by atoms with E-state index in [9.17, 15) is 0 Å². The van der Waals surface area contributed by atoms with Crippen LogP contribution in [0.2, 0.25) is 0 Å². The summed E-state index contributed by atoms with van der Waals surface area (Å²) < 4.78 is 5.50. The number of aromatic nitrogens is 2. The molecule has 0 saturated carbocycles. The molecule has 8 aromatic carbocycles. The Kier molecular flexibility index (Phi) is 4.90. The van der Waals surface area contributed by atoms with E-state index in [1.807, 2.05) is 0 Å². The Hall–Kier alpha value is -5.90. The molecule has 218 valence electrons. The maximum Gasteiger partial charge on any atom is 0.340 e. The van der Waals surface area contributed by atoms with E-state index in [1.54, 1.807) is 0 Å². The summed E-state index contributed by atoms with van der Waals surface area (Å²) in [4.78, 5) is 0. The molecule has 2 aromatic heterocycles. The molecule has 0 saturated heterocycles. The molecule has 0 spiro atoms. The second-order valence-electron chi connectivity index (χ2n) is 13.0. The first kappa shape index (κ1) is 25.3. The second kappa shape index (κ2) is 9.09. The van der Waals surface area contributed by atoms with E-state index in [2.05, 4.69) is 178 Å². The van der Waals surface area contributed by atoms with Crippen molar-refractivity contribution in [3.63, 3.8) is 0 Å². The summed E-state index contributed by atoms with van der Waals surface area (Å²) >= 11 is 0. The number of hydrogen-bond donors (Lipinski definition) is 0. The molecule has 1 aliphatic heterocycles. The minimum absolute atomic E-state index is 1.28. The lowest BCUT2D eigenvalue weighted by Gasteiger charge is -2.33. The van der Waals surface area contributed by atoms with Gasteiger partial charge in [0.15, 0.2) is 0 Å². The van der Waals surface area contributed by atoms with Crippen LogP contribution in [0.5, 0.6) is 0 Å². The van der Waals surface area contributed by atoms with Gasteiger partial charge in [0.05, 0.1) is 11.4 Å². The highest BCUT2D eigenvalue weighted by Crippen LogP contribution is 2.44. The molecule has 0 radical (unpaired) electrons. The van der Waals surface area contributed by atoms with Gasteiger partial charge in [0.2, 0.25) is 0 Å². The molecule has 11 rings (SSSR count). The molecular formula is C44H28N2Si. The van der Waals surface area contributed by atoms with Crippen molar-refractivity contribution >= 4 is 83.7 Å². The van der Waals surface area contributed by atoms with Crippen LogP contribution in [0.1, 0.15) is 0 Å². The molecule has 10 aromatic rings. The third kappa shape index (κ3) is 3.34. The number of benzene rings is 8. The average molecular weight is 613 g/mol. The van der Waals surface area contributed by atoms with E-state index in [0.29, 0.717) is 0 Å². The smallest absolute Gasteiger partial charge is 0.340 e. The summed E-state index contributed by atoms with van der Waals surface area (Å²) in [5.41, 5.74) is 5.19. The first-order chi connectivity index (χ1) is 23.3. The Labute approximate surface area is 272 Å². The van der Waals surface area contributed by atoms with Crippen molar-refractivity contribution < 1.29 is 0 Å². The van der Waals surface area contributed by atoms with Gasteiger partial charge in [-0.05, 0) is 114 Å². The first-order valence-electron chi connectivity index (χ1n) is 16.3. The topological polar surface area (TPSA) is 9.86 Å². The molecule has 0 unspecified atom stereocenters. The van der Waals surface area contributed by atoms with Crippen molar-refractivity contribution in [3.05, 3.63) is 170 Å².